The van der Waals surface area contributed by atoms with Crippen LogP contribution < -0.4 is 10.6 Å². The molecule has 2 amide bonds. The Morgan fingerprint density at radius 2 is 1.79 bits per heavy atom. The summed E-state index contributed by atoms with van der Waals surface area (Å²) >= 11 is 5.64. The van der Waals surface area contributed by atoms with Gasteiger partial charge in [-0.1, -0.05) is 54.1 Å². The van der Waals surface area contributed by atoms with Gasteiger partial charge in [-0.25, -0.2) is 4.39 Å². The summed E-state index contributed by atoms with van der Waals surface area (Å²) in [5.74, 6) is -2.38. The molecule has 3 N–H and O–H groups in total. The zero-order valence-corrected chi connectivity index (χ0v) is 15.5. The third-order valence-electron chi connectivity index (χ3n) is 4.27. The maximum Gasteiger partial charge on any atom is 0.313 e. The Morgan fingerprint density at radius 3 is 2.57 bits per heavy atom. The molecule has 0 aliphatic carbocycles. The monoisotopic (exact) mass is 400 g/mol. The van der Waals surface area contributed by atoms with Crippen LogP contribution in [0.2, 0.25) is 5.02 Å². The topological polar surface area (TPSA) is 78.4 Å². The van der Waals surface area contributed by atoms with Crippen LogP contribution in [0.4, 0.5) is 10.1 Å². The van der Waals surface area contributed by atoms with E-state index in [1.165, 1.54) is 12.1 Å². The van der Waals surface area contributed by atoms with Gasteiger partial charge in [0.25, 0.3) is 0 Å². The minimum atomic E-state index is -0.901. The highest BCUT2D eigenvalue weighted by atomic mass is 35.5. The summed E-state index contributed by atoms with van der Waals surface area (Å²) in [5, 5.41) is 17.1. The molecule has 3 rings (SSSR count). The highest BCUT2D eigenvalue weighted by Crippen LogP contribution is 2.25. The molecule has 0 aliphatic rings. The Bertz CT molecular complexity index is 1020. The van der Waals surface area contributed by atoms with Gasteiger partial charge in [-0.2, -0.15) is 0 Å². The third-order valence-corrected chi connectivity index (χ3v) is 4.56. The molecular formula is C21H18ClFN2O3. The second kappa shape index (κ2) is 8.82. The molecule has 3 aromatic rings. The zero-order valence-electron chi connectivity index (χ0n) is 14.8. The van der Waals surface area contributed by atoms with Crippen molar-refractivity contribution in [2.24, 2.45) is 0 Å². The Balaban J connectivity index is 1.54. The van der Waals surface area contributed by atoms with E-state index in [1.54, 1.807) is 0 Å². The minimum absolute atomic E-state index is 0.112. The van der Waals surface area contributed by atoms with Gasteiger partial charge >= 0.3 is 11.8 Å². The molecule has 28 heavy (non-hydrogen) atoms. The number of fused-ring (bicyclic) bond motifs is 1. The van der Waals surface area contributed by atoms with Crippen LogP contribution in [0, 0.1) is 5.82 Å². The van der Waals surface area contributed by atoms with Gasteiger partial charge in [-0.15, -0.1) is 0 Å². The van der Waals surface area contributed by atoms with Gasteiger partial charge in [0.1, 0.15) is 5.82 Å². The third kappa shape index (κ3) is 4.65. The van der Waals surface area contributed by atoms with Crippen molar-refractivity contribution in [2.45, 2.75) is 12.5 Å². The first-order valence-corrected chi connectivity index (χ1v) is 9.03. The summed E-state index contributed by atoms with van der Waals surface area (Å²) in [6.07, 6.45) is -0.541. The second-order valence-electron chi connectivity index (χ2n) is 6.21. The second-order valence-corrected chi connectivity index (χ2v) is 6.62. The largest absolute Gasteiger partial charge is 0.388 e. The SMILES string of the molecule is O=C(NCCC(O)c1cccc2ccccc12)C(=O)Nc1ccc(F)c(Cl)c1. The number of hydrogen-bond donors (Lipinski definition) is 3. The summed E-state index contributed by atoms with van der Waals surface area (Å²) in [6, 6.07) is 17.0. The van der Waals surface area contributed by atoms with Crippen molar-refractivity contribution >= 4 is 39.9 Å². The maximum absolute atomic E-state index is 13.1. The van der Waals surface area contributed by atoms with E-state index in [-0.39, 0.29) is 23.7 Å². The van der Waals surface area contributed by atoms with E-state index in [4.69, 9.17) is 11.6 Å². The number of carbonyl (C=O) groups is 2. The van der Waals surface area contributed by atoms with Crippen LogP contribution in [0.5, 0.6) is 0 Å². The summed E-state index contributed by atoms with van der Waals surface area (Å²) < 4.78 is 13.1. The zero-order chi connectivity index (χ0) is 20.1. The van der Waals surface area contributed by atoms with Crippen LogP contribution in [-0.2, 0) is 9.59 Å². The van der Waals surface area contributed by atoms with Gasteiger partial charge in [-0.3, -0.25) is 9.59 Å². The van der Waals surface area contributed by atoms with Crippen LogP contribution >= 0.6 is 11.6 Å². The first-order chi connectivity index (χ1) is 13.5. The molecule has 0 aliphatic heterocycles. The van der Waals surface area contributed by atoms with Gasteiger partial charge in [0.05, 0.1) is 11.1 Å². The van der Waals surface area contributed by atoms with Crippen molar-refractivity contribution in [3.05, 3.63) is 77.1 Å². The minimum Gasteiger partial charge on any atom is -0.388 e. The van der Waals surface area contributed by atoms with Crippen molar-refractivity contribution in [3.8, 4) is 0 Å². The summed E-state index contributed by atoms with van der Waals surface area (Å²) in [6.45, 7) is 0.112. The van der Waals surface area contributed by atoms with Crippen LogP contribution in [0.25, 0.3) is 10.8 Å². The van der Waals surface area contributed by atoms with Gasteiger partial charge in [-0.05, 0) is 41.0 Å². The normalized spacial score (nSPS) is 11.8. The molecule has 5 nitrogen and oxygen atoms in total. The molecular weight excluding hydrogens is 383 g/mol. The fourth-order valence-corrected chi connectivity index (χ4v) is 3.04. The van der Waals surface area contributed by atoms with E-state index in [0.29, 0.717) is 0 Å². The lowest BCUT2D eigenvalue weighted by Gasteiger charge is -2.14. The number of anilines is 1. The molecule has 3 aromatic carbocycles. The number of aliphatic hydroxyl groups is 1. The van der Waals surface area contributed by atoms with Crippen LogP contribution in [0.3, 0.4) is 0 Å². The van der Waals surface area contributed by atoms with Gasteiger partial charge in [0, 0.05) is 12.2 Å². The number of halogens is 2. The van der Waals surface area contributed by atoms with E-state index in [2.05, 4.69) is 10.6 Å². The number of hydrogen-bond acceptors (Lipinski definition) is 3. The highest BCUT2D eigenvalue weighted by Gasteiger charge is 2.16. The van der Waals surface area contributed by atoms with Crippen molar-refractivity contribution in [2.75, 3.05) is 11.9 Å². The Kier molecular flexibility index (Phi) is 6.23. The number of nitrogens with one attached hydrogen (secondary N) is 2. The standard InChI is InChI=1S/C21H18ClFN2O3/c22-17-12-14(8-9-18(17)23)25-21(28)20(27)24-11-10-19(26)16-7-3-5-13-4-1-2-6-15(13)16/h1-9,12,19,26H,10-11H2,(H,24,27)(H,25,28). The van der Waals surface area contributed by atoms with Crippen molar-refractivity contribution in [3.63, 3.8) is 0 Å². The molecule has 0 saturated heterocycles. The summed E-state index contributed by atoms with van der Waals surface area (Å²) in [4.78, 5) is 23.8. The van der Waals surface area contributed by atoms with E-state index in [1.807, 2.05) is 42.5 Å². The van der Waals surface area contributed by atoms with E-state index in [9.17, 15) is 19.1 Å². The molecule has 7 heteroatoms. The number of benzene rings is 3. The fraction of sp³-hybridized carbons (Fsp3) is 0.143. The lowest BCUT2D eigenvalue weighted by atomic mass is 9.99. The smallest absolute Gasteiger partial charge is 0.313 e. The number of rotatable bonds is 5. The lowest BCUT2D eigenvalue weighted by molar-refractivity contribution is -0.136. The van der Waals surface area contributed by atoms with Crippen LogP contribution in [-0.4, -0.2) is 23.5 Å². The highest BCUT2D eigenvalue weighted by molar-refractivity contribution is 6.39. The molecule has 0 spiro atoms. The predicted octanol–water partition coefficient (Wildman–Crippen LogP) is 3.81. The molecule has 0 saturated carbocycles. The molecule has 1 atom stereocenters. The quantitative estimate of drug-likeness (QED) is 0.570. The van der Waals surface area contributed by atoms with Crippen LogP contribution in [0.1, 0.15) is 18.1 Å². The number of aliphatic hydroxyl groups excluding tert-OH is 1. The van der Waals surface area contributed by atoms with E-state index < -0.39 is 23.7 Å². The first-order valence-electron chi connectivity index (χ1n) is 8.65. The molecule has 0 aromatic heterocycles. The molecule has 0 radical (unpaired) electrons. The summed E-state index contributed by atoms with van der Waals surface area (Å²) in [5.41, 5.74) is 0.972. The fourth-order valence-electron chi connectivity index (χ4n) is 2.86. The molecule has 0 heterocycles. The average Bonchev–Trinajstić information content (AvgIpc) is 2.70. The van der Waals surface area contributed by atoms with E-state index in [0.717, 1.165) is 22.4 Å². The maximum atomic E-state index is 13.1. The Labute approximate surface area is 166 Å². The summed E-state index contributed by atoms with van der Waals surface area (Å²) in [7, 11) is 0. The predicted molar refractivity (Wildman–Crippen MR) is 107 cm³/mol. The molecule has 0 bridgehead atoms. The lowest BCUT2D eigenvalue weighted by Crippen LogP contribution is -2.36. The molecule has 1 unspecified atom stereocenters. The van der Waals surface area contributed by atoms with Gasteiger partial charge in [0.15, 0.2) is 0 Å². The Morgan fingerprint density at radius 1 is 1.04 bits per heavy atom. The van der Waals surface area contributed by atoms with Crippen molar-refractivity contribution in [1.82, 2.24) is 5.32 Å². The van der Waals surface area contributed by atoms with Gasteiger partial charge in [0.2, 0.25) is 0 Å². The Hall–Kier alpha value is -2.96. The number of carbonyl (C=O) groups excluding carboxylic acids is 2. The van der Waals surface area contributed by atoms with Crippen molar-refractivity contribution < 1.29 is 19.1 Å². The number of amides is 2. The van der Waals surface area contributed by atoms with Crippen molar-refractivity contribution in [1.29, 1.82) is 0 Å². The first kappa shape index (κ1) is 19.8. The average molecular weight is 401 g/mol. The molecule has 0 fully saturated rings. The van der Waals surface area contributed by atoms with Crippen LogP contribution in [0.15, 0.2) is 60.7 Å². The van der Waals surface area contributed by atoms with Gasteiger partial charge < -0.3 is 15.7 Å². The molecule has 144 valence electrons. The van der Waals surface area contributed by atoms with E-state index >= 15 is 0 Å².